The summed E-state index contributed by atoms with van der Waals surface area (Å²) in [6.45, 7) is 3.61. The molecule has 0 aromatic carbocycles. The number of allylic oxidation sites excluding steroid dienone is 1. The van der Waals surface area contributed by atoms with Crippen LogP contribution in [0.5, 0.6) is 0 Å². The molecule has 0 saturated heterocycles. The second-order valence-corrected chi connectivity index (χ2v) is 2.85. The van der Waals surface area contributed by atoms with Crippen molar-refractivity contribution in [3.63, 3.8) is 0 Å². The van der Waals surface area contributed by atoms with Crippen LogP contribution in [0.1, 0.15) is 18.1 Å². The van der Waals surface area contributed by atoms with Gasteiger partial charge in [0.15, 0.2) is 0 Å². The van der Waals surface area contributed by atoms with Crippen LogP contribution in [-0.4, -0.2) is 0 Å². The van der Waals surface area contributed by atoms with Crippen LogP contribution < -0.4 is 0 Å². The fraction of sp³-hybridized carbons (Fsp3) is 0.250. The Morgan fingerprint density at radius 1 is 1.60 bits per heavy atom. The number of halogens is 1. The van der Waals surface area contributed by atoms with Gasteiger partial charge in [-0.2, -0.15) is 11.3 Å². The Morgan fingerprint density at radius 2 is 2.30 bits per heavy atom. The van der Waals surface area contributed by atoms with Crippen molar-refractivity contribution in [2.75, 3.05) is 0 Å². The van der Waals surface area contributed by atoms with E-state index in [-0.39, 0.29) is 5.83 Å². The average Bonchev–Trinajstić information content (AvgIpc) is 2.34. The predicted molar refractivity (Wildman–Crippen MR) is 43.8 cm³/mol. The molecule has 10 heavy (non-hydrogen) atoms. The van der Waals surface area contributed by atoms with Crippen LogP contribution in [0.2, 0.25) is 0 Å². The first kappa shape index (κ1) is 7.48. The van der Waals surface area contributed by atoms with Gasteiger partial charge in [-0.1, -0.05) is 6.08 Å². The van der Waals surface area contributed by atoms with Crippen molar-refractivity contribution < 1.29 is 4.39 Å². The van der Waals surface area contributed by atoms with E-state index in [0.29, 0.717) is 0 Å². The molecule has 0 fully saturated rings. The minimum Gasteiger partial charge on any atom is -0.207 e. The zero-order valence-corrected chi connectivity index (χ0v) is 6.83. The lowest BCUT2D eigenvalue weighted by Gasteiger charge is -1.91. The highest BCUT2D eigenvalue weighted by molar-refractivity contribution is 7.08. The van der Waals surface area contributed by atoms with E-state index < -0.39 is 0 Å². The van der Waals surface area contributed by atoms with E-state index in [0.717, 1.165) is 11.1 Å². The molecule has 0 nitrogen and oxygen atoms in total. The lowest BCUT2D eigenvalue weighted by molar-refractivity contribution is 0.758. The van der Waals surface area contributed by atoms with Gasteiger partial charge in [-0.05, 0) is 24.8 Å². The second kappa shape index (κ2) is 2.97. The summed E-state index contributed by atoms with van der Waals surface area (Å²) in [7, 11) is 0. The summed E-state index contributed by atoms with van der Waals surface area (Å²) < 4.78 is 12.8. The third-order valence-electron chi connectivity index (χ3n) is 1.37. The number of hydrogen-bond acceptors (Lipinski definition) is 1. The molecular formula is C8H9FS. The Hall–Kier alpha value is -0.630. The summed E-state index contributed by atoms with van der Waals surface area (Å²) >= 11 is 1.53. The number of hydrogen-bond donors (Lipinski definition) is 0. The smallest absolute Gasteiger partial charge is 0.127 e. The molecular weight excluding hydrogens is 147 g/mol. The van der Waals surface area contributed by atoms with Crippen molar-refractivity contribution in [2.24, 2.45) is 0 Å². The van der Waals surface area contributed by atoms with Gasteiger partial charge in [-0.15, -0.1) is 0 Å². The summed E-state index contributed by atoms with van der Waals surface area (Å²) in [4.78, 5) is 0. The maximum atomic E-state index is 12.8. The quantitative estimate of drug-likeness (QED) is 0.584. The Balaban J connectivity index is 3.05. The van der Waals surface area contributed by atoms with E-state index in [4.69, 9.17) is 0 Å². The molecule has 0 radical (unpaired) electrons. The summed E-state index contributed by atoms with van der Waals surface area (Å²) in [5, 5.41) is 3.77. The largest absolute Gasteiger partial charge is 0.207 e. The molecule has 0 amide bonds. The molecule has 0 atom stereocenters. The van der Waals surface area contributed by atoms with E-state index in [1.54, 1.807) is 6.92 Å². The first-order chi connectivity index (χ1) is 4.75. The summed E-state index contributed by atoms with van der Waals surface area (Å²) in [6.07, 6.45) is 1.48. The molecule has 0 spiro atoms. The summed E-state index contributed by atoms with van der Waals surface area (Å²) in [6, 6.07) is 0. The molecule has 1 rings (SSSR count). The molecule has 1 aromatic rings. The summed E-state index contributed by atoms with van der Waals surface area (Å²) in [5.74, 6) is -0.126. The van der Waals surface area contributed by atoms with Crippen LogP contribution in [0.3, 0.4) is 0 Å². The van der Waals surface area contributed by atoms with Crippen molar-refractivity contribution >= 4 is 17.2 Å². The Labute approximate surface area is 64.0 Å². The minimum absolute atomic E-state index is 0.126. The predicted octanol–water partition coefficient (Wildman–Crippen LogP) is 3.39. The van der Waals surface area contributed by atoms with Crippen molar-refractivity contribution in [1.29, 1.82) is 0 Å². The first-order valence-corrected chi connectivity index (χ1v) is 4.05. The fourth-order valence-corrected chi connectivity index (χ4v) is 1.59. The van der Waals surface area contributed by atoms with Gasteiger partial charge in [0.1, 0.15) is 5.83 Å². The fourth-order valence-electron chi connectivity index (χ4n) is 0.761. The van der Waals surface area contributed by atoms with Crippen LogP contribution >= 0.6 is 11.3 Å². The normalized spacial score (nSPS) is 12.1. The number of thiophene rings is 1. The van der Waals surface area contributed by atoms with Gasteiger partial charge in [-0.25, -0.2) is 4.39 Å². The van der Waals surface area contributed by atoms with Crippen LogP contribution in [0.25, 0.3) is 5.83 Å². The van der Waals surface area contributed by atoms with E-state index in [1.807, 2.05) is 17.7 Å². The molecule has 0 aliphatic rings. The third kappa shape index (κ3) is 1.27. The standard InChI is InChI=1S/C8H9FS/c1-3-8(9)7-5-10-4-6(7)2/h3-5H,1-2H3/b8-3+. The molecule has 0 saturated carbocycles. The number of rotatable bonds is 1. The third-order valence-corrected chi connectivity index (χ3v) is 2.23. The molecule has 54 valence electrons. The Kier molecular flexibility index (Phi) is 2.22. The zero-order valence-electron chi connectivity index (χ0n) is 6.02. The van der Waals surface area contributed by atoms with Gasteiger partial charge in [0.25, 0.3) is 0 Å². The van der Waals surface area contributed by atoms with Gasteiger partial charge >= 0.3 is 0 Å². The minimum atomic E-state index is -0.126. The van der Waals surface area contributed by atoms with Crippen molar-refractivity contribution in [2.45, 2.75) is 13.8 Å². The van der Waals surface area contributed by atoms with E-state index in [1.165, 1.54) is 17.4 Å². The van der Waals surface area contributed by atoms with Gasteiger partial charge in [0, 0.05) is 10.9 Å². The van der Waals surface area contributed by atoms with E-state index >= 15 is 0 Å². The van der Waals surface area contributed by atoms with Crippen LogP contribution in [-0.2, 0) is 0 Å². The lowest BCUT2D eigenvalue weighted by atomic mass is 10.2. The summed E-state index contributed by atoms with van der Waals surface area (Å²) in [5.41, 5.74) is 1.74. The average molecular weight is 156 g/mol. The Morgan fingerprint density at radius 3 is 2.70 bits per heavy atom. The number of aryl methyl sites for hydroxylation is 1. The van der Waals surface area contributed by atoms with Gasteiger partial charge in [-0.3, -0.25) is 0 Å². The topological polar surface area (TPSA) is 0 Å². The molecule has 2 heteroatoms. The molecule has 0 aliphatic carbocycles. The van der Waals surface area contributed by atoms with Crippen LogP contribution in [0.15, 0.2) is 16.8 Å². The molecule has 0 bridgehead atoms. The molecule has 0 N–H and O–H groups in total. The van der Waals surface area contributed by atoms with Crippen molar-refractivity contribution in [1.82, 2.24) is 0 Å². The van der Waals surface area contributed by atoms with Gasteiger partial charge in [0.2, 0.25) is 0 Å². The van der Waals surface area contributed by atoms with Crippen molar-refractivity contribution in [3.05, 3.63) is 28.0 Å². The Bertz CT molecular complexity index is 248. The molecule has 1 heterocycles. The molecule has 0 aliphatic heterocycles. The maximum absolute atomic E-state index is 12.8. The first-order valence-electron chi connectivity index (χ1n) is 3.10. The monoisotopic (exact) mass is 156 g/mol. The zero-order chi connectivity index (χ0) is 7.56. The highest BCUT2D eigenvalue weighted by atomic mass is 32.1. The lowest BCUT2D eigenvalue weighted by Crippen LogP contribution is -1.74. The van der Waals surface area contributed by atoms with Crippen molar-refractivity contribution in [3.8, 4) is 0 Å². The van der Waals surface area contributed by atoms with E-state index in [9.17, 15) is 4.39 Å². The molecule has 0 unspecified atom stereocenters. The van der Waals surface area contributed by atoms with Crippen LogP contribution in [0.4, 0.5) is 4.39 Å². The maximum Gasteiger partial charge on any atom is 0.127 e. The highest BCUT2D eigenvalue weighted by Gasteiger charge is 2.02. The highest BCUT2D eigenvalue weighted by Crippen LogP contribution is 2.22. The second-order valence-electron chi connectivity index (χ2n) is 2.11. The molecule has 1 aromatic heterocycles. The van der Waals surface area contributed by atoms with E-state index in [2.05, 4.69) is 0 Å². The van der Waals surface area contributed by atoms with Crippen LogP contribution in [0, 0.1) is 6.92 Å². The SMILES string of the molecule is C/C=C(/F)c1cscc1C. The van der Waals surface area contributed by atoms with Gasteiger partial charge < -0.3 is 0 Å². The van der Waals surface area contributed by atoms with Gasteiger partial charge in [0.05, 0.1) is 0 Å².